The minimum Gasteiger partial charge on any atom is -0.364 e. The van der Waals surface area contributed by atoms with Gasteiger partial charge in [-0.15, -0.1) is 22.7 Å². The van der Waals surface area contributed by atoms with Gasteiger partial charge in [0.25, 0.3) is 0 Å². The Bertz CT molecular complexity index is 1870. The topological polar surface area (TPSA) is 123 Å². The van der Waals surface area contributed by atoms with Gasteiger partial charge in [-0.05, 0) is 59.0 Å². The molecule has 0 bridgehead atoms. The van der Waals surface area contributed by atoms with Crippen LogP contribution in [0.1, 0.15) is 33.7 Å². The van der Waals surface area contributed by atoms with Gasteiger partial charge in [0.15, 0.2) is 0 Å². The number of hydrogen-bond acceptors (Lipinski definition) is 8. The molecule has 4 amide bonds. The van der Waals surface area contributed by atoms with E-state index in [1.165, 1.54) is 0 Å². The molecule has 10 nitrogen and oxygen atoms in total. The summed E-state index contributed by atoms with van der Waals surface area (Å²) in [5, 5.41) is 17.5. The number of amides is 4. The minimum absolute atomic E-state index is 0.118. The number of nitrogens with zero attached hydrogens (tertiary/aromatic N) is 2. The Morgan fingerprint density at radius 2 is 1.02 bits per heavy atom. The lowest BCUT2D eigenvalue weighted by atomic mass is 9.54. The van der Waals surface area contributed by atoms with Gasteiger partial charge >= 0.3 is 0 Å². The summed E-state index contributed by atoms with van der Waals surface area (Å²) in [7, 11) is 0. The average Bonchev–Trinajstić information content (AvgIpc) is 3.92. The largest absolute Gasteiger partial charge is 0.364 e. The maximum atomic E-state index is 14.5. The Morgan fingerprint density at radius 1 is 0.583 bits per heavy atom. The first-order chi connectivity index (χ1) is 23.4. The van der Waals surface area contributed by atoms with E-state index in [-0.39, 0.29) is 23.6 Å². The Balaban J connectivity index is 1.14. The standard InChI is InChI=1S/C36H32N6O4S2/c43-29-27-17-35(21-9-1-3-11-23(21)39-33(35)41(27)31(45)25(37-29)15-19-7-5-13-47-19)36-18-28-30(44)38-26(16-20-8-6-14-48-20)32(46)42(28)34(36)40-24-12-4-2-10-22(24)36/h1-14,25-28,33-34,39-40H,15-18H2,(H,37,43)(H,38,44). The predicted molar refractivity (Wildman–Crippen MR) is 181 cm³/mol. The maximum absolute atomic E-state index is 14.5. The third-order valence-electron chi connectivity index (χ3n) is 11.7. The molecule has 4 aromatic rings. The van der Waals surface area contributed by atoms with Crippen LogP contribution in [0.3, 0.4) is 0 Å². The number of piperazine rings is 2. The molecular formula is C36H32N6O4S2. The number of fused-ring (bicyclic) bond motifs is 11. The van der Waals surface area contributed by atoms with Crippen molar-refractivity contribution in [1.29, 1.82) is 0 Å². The van der Waals surface area contributed by atoms with Crippen molar-refractivity contribution in [2.75, 3.05) is 10.6 Å². The fourth-order valence-electron chi connectivity index (χ4n) is 9.94. The molecule has 4 fully saturated rings. The van der Waals surface area contributed by atoms with Gasteiger partial charge in [-0.25, -0.2) is 0 Å². The summed E-state index contributed by atoms with van der Waals surface area (Å²) < 4.78 is 0. The molecule has 6 aliphatic heterocycles. The van der Waals surface area contributed by atoms with Gasteiger partial charge in [-0.3, -0.25) is 19.2 Å². The molecule has 2 aromatic heterocycles. The highest BCUT2D eigenvalue weighted by molar-refractivity contribution is 7.10. The van der Waals surface area contributed by atoms with Crippen molar-refractivity contribution in [3.63, 3.8) is 0 Å². The van der Waals surface area contributed by atoms with E-state index in [4.69, 9.17) is 0 Å². The van der Waals surface area contributed by atoms with Crippen molar-refractivity contribution in [1.82, 2.24) is 20.4 Å². The second-order valence-corrected chi connectivity index (χ2v) is 15.8. The number of hydrogen-bond donors (Lipinski definition) is 4. The van der Waals surface area contributed by atoms with E-state index in [9.17, 15) is 19.2 Å². The van der Waals surface area contributed by atoms with Gasteiger partial charge < -0.3 is 31.1 Å². The summed E-state index contributed by atoms with van der Waals surface area (Å²) in [5.74, 6) is -0.574. The zero-order valence-electron chi connectivity index (χ0n) is 25.7. The number of anilines is 2. The van der Waals surface area contributed by atoms with E-state index in [1.54, 1.807) is 32.5 Å². The molecule has 0 radical (unpaired) electrons. The molecule has 0 aliphatic carbocycles. The Hall–Kier alpha value is -4.68. The molecule has 242 valence electrons. The Morgan fingerprint density at radius 3 is 1.44 bits per heavy atom. The first-order valence-corrected chi connectivity index (χ1v) is 18.2. The number of rotatable bonds is 5. The molecule has 8 atom stereocenters. The second-order valence-electron chi connectivity index (χ2n) is 13.7. The summed E-state index contributed by atoms with van der Waals surface area (Å²) >= 11 is 3.14. The van der Waals surface area contributed by atoms with Crippen LogP contribution in [-0.2, 0) is 42.8 Å². The van der Waals surface area contributed by atoms with E-state index in [1.807, 2.05) is 71.4 Å². The number of para-hydroxylation sites is 2. The number of carbonyl (C=O) groups excluding carboxylic acids is 4. The summed E-state index contributed by atoms with van der Waals surface area (Å²) in [6, 6.07) is 21.3. The lowest BCUT2D eigenvalue weighted by molar-refractivity contribution is -0.149. The van der Waals surface area contributed by atoms with E-state index < -0.39 is 47.3 Å². The predicted octanol–water partition coefficient (Wildman–Crippen LogP) is 3.17. The highest BCUT2D eigenvalue weighted by atomic mass is 32.1. The van der Waals surface area contributed by atoms with E-state index in [0.29, 0.717) is 25.7 Å². The van der Waals surface area contributed by atoms with E-state index in [0.717, 1.165) is 32.3 Å². The molecule has 48 heavy (non-hydrogen) atoms. The quantitative estimate of drug-likeness (QED) is 0.258. The van der Waals surface area contributed by atoms with Crippen molar-refractivity contribution < 1.29 is 19.2 Å². The van der Waals surface area contributed by atoms with Gasteiger partial charge in [0, 0.05) is 34.0 Å². The lowest BCUT2D eigenvalue weighted by Gasteiger charge is -2.48. The normalized spacial score (nSPS) is 33.9. The third-order valence-corrected chi connectivity index (χ3v) is 13.5. The lowest BCUT2D eigenvalue weighted by Crippen LogP contribution is -2.67. The van der Waals surface area contributed by atoms with Crippen LogP contribution >= 0.6 is 22.7 Å². The summed E-state index contributed by atoms with van der Waals surface area (Å²) in [6.07, 6.45) is 0.417. The molecular weight excluding hydrogens is 645 g/mol. The first-order valence-electron chi connectivity index (χ1n) is 16.4. The zero-order chi connectivity index (χ0) is 32.4. The molecule has 4 saturated heterocycles. The average molecular weight is 677 g/mol. The number of nitrogens with one attached hydrogen (secondary N) is 4. The molecule has 2 aromatic carbocycles. The molecule has 12 heteroatoms. The Labute approximate surface area is 284 Å². The van der Waals surface area contributed by atoms with Crippen LogP contribution in [0.5, 0.6) is 0 Å². The minimum atomic E-state index is -0.843. The number of thiophene rings is 2. The van der Waals surface area contributed by atoms with Gasteiger partial charge in [0.2, 0.25) is 23.6 Å². The highest BCUT2D eigenvalue weighted by Crippen LogP contribution is 2.68. The van der Waals surface area contributed by atoms with Crippen LogP contribution in [0, 0.1) is 0 Å². The third kappa shape index (κ3) is 3.51. The van der Waals surface area contributed by atoms with Crippen LogP contribution in [0.4, 0.5) is 11.4 Å². The monoisotopic (exact) mass is 676 g/mol. The molecule has 8 heterocycles. The zero-order valence-corrected chi connectivity index (χ0v) is 27.4. The fraction of sp³-hybridized carbons (Fsp3) is 0.333. The van der Waals surface area contributed by atoms with Crippen LogP contribution in [0.15, 0.2) is 83.6 Å². The summed E-state index contributed by atoms with van der Waals surface area (Å²) in [4.78, 5) is 62.9. The van der Waals surface area contributed by atoms with Gasteiger partial charge in [0.1, 0.15) is 36.5 Å². The van der Waals surface area contributed by atoms with Crippen molar-refractivity contribution in [3.8, 4) is 0 Å². The van der Waals surface area contributed by atoms with Crippen LogP contribution in [-0.4, -0.2) is 69.9 Å². The molecule has 8 unspecified atom stereocenters. The van der Waals surface area contributed by atoms with E-state index >= 15 is 0 Å². The first kappa shape index (κ1) is 28.3. The van der Waals surface area contributed by atoms with Crippen LogP contribution in [0.2, 0.25) is 0 Å². The van der Waals surface area contributed by atoms with Crippen LogP contribution < -0.4 is 21.3 Å². The van der Waals surface area contributed by atoms with Crippen molar-refractivity contribution in [3.05, 3.63) is 104 Å². The van der Waals surface area contributed by atoms with E-state index in [2.05, 4.69) is 33.4 Å². The maximum Gasteiger partial charge on any atom is 0.247 e. The number of benzene rings is 2. The molecule has 6 aliphatic rings. The SMILES string of the molecule is O=C1NC(Cc2cccs2)C(=O)N2C1CC1(C34CC5C(=O)NC(Cc6cccs6)C(=O)N5C3Nc3ccccc34)c3ccccc3NC21. The summed E-state index contributed by atoms with van der Waals surface area (Å²) in [5.41, 5.74) is 2.14. The smallest absolute Gasteiger partial charge is 0.247 e. The van der Waals surface area contributed by atoms with Gasteiger partial charge in [0.05, 0.1) is 10.8 Å². The summed E-state index contributed by atoms with van der Waals surface area (Å²) in [6.45, 7) is 0. The number of carbonyl (C=O) groups is 4. The fourth-order valence-corrected chi connectivity index (χ4v) is 11.4. The van der Waals surface area contributed by atoms with Crippen LogP contribution in [0.25, 0.3) is 0 Å². The molecule has 10 rings (SSSR count). The molecule has 0 spiro atoms. The van der Waals surface area contributed by atoms with Crippen molar-refractivity contribution in [2.24, 2.45) is 0 Å². The van der Waals surface area contributed by atoms with Gasteiger partial charge in [-0.2, -0.15) is 0 Å². The van der Waals surface area contributed by atoms with Crippen molar-refractivity contribution >= 4 is 57.7 Å². The van der Waals surface area contributed by atoms with Crippen molar-refractivity contribution in [2.45, 2.75) is 73.0 Å². The molecule has 0 saturated carbocycles. The second kappa shape index (κ2) is 9.93. The van der Waals surface area contributed by atoms with Gasteiger partial charge in [-0.1, -0.05) is 48.5 Å². The highest BCUT2D eigenvalue weighted by Gasteiger charge is 2.78. The molecule has 4 N–H and O–H groups in total. The Kier molecular flexibility index (Phi) is 5.86.